The third-order valence-electron chi connectivity index (χ3n) is 5.12. The van der Waals surface area contributed by atoms with E-state index < -0.39 is 17.8 Å². The van der Waals surface area contributed by atoms with Gasteiger partial charge in [-0.15, -0.1) is 0 Å². The minimum Gasteiger partial charge on any atom is -0.493 e. The fourth-order valence-corrected chi connectivity index (χ4v) is 4.46. The number of nitrogens with zero attached hydrogens (tertiary/aromatic N) is 1. The van der Waals surface area contributed by atoms with Crippen LogP contribution in [0.4, 0.5) is 14.9 Å². The molecule has 3 aromatic rings. The van der Waals surface area contributed by atoms with Crippen LogP contribution in [0.5, 0.6) is 11.5 Å². The molecule has 36 heavy (non-hydrogen) atoms. The number of hydrogen-bond acceptors (Lipinski definition) is 5. The van der Waals surface area contributed by atoms with Crippen molar-refractivity contribution in [1.29, 1.82) is 0 Å². The number of anilines is 1. The number of urea groups is 1. The van der Waals surface area contributed by atoms with E-state index in [0.29, 0.717) is 20.6 Å². The number of benzene rings is 3. The molecule has 0 unspecified atom stereocenters. The predicted octanol–water partition coefficient (Wildman–Crippen LogP) is 5.99. The van der Waals surface area contributed by atoms with Crippen molar-refractivity contribution in [3.63, 3.8) is 0 Å². The van der Waals surface area contributed by atoms with Crippen molar-refractivity contribution in [2.45, 2.75) is 6.61 Å². The number of halogens is 4. The fourth-order valence-electron chi connectivity index (χ4n) is 3.38. The van der Waals surface area contributed by atoms with Crippen LogP contribution in [0, 0.1) is 9.39 Å². The standard InChI is InChI=1S/C25H16Cl2FIN2O5/c1-35-21-10-14(9-20(29)22(21)36-12-13-2-4-15(28)5-3-13)8-17-23(32)30-25(34)31(24(17)33)16-6-7-18(26)19(27)11-16/h2-11H,12H2,1H3,(H,30,32,34)/b17-8+. The first-order valence-corrected chi connectivity index (χ1v) is 12.1. The molecule has 4 rings (SSSR count). The molecule has 0 saturated carbocycles. The number of barbiturate groups is 1. The van der Waals surface area contributed by atoms with Gasteiger partial charge in [0.2, 0.25) is 0 Å². The lowest BCUT2D eigenvalue weighted by Crippen LogP contribution is -2.54. The van der Waals surface area contributed by atoms with Crippen LogP contribution in [0.2, 0.25) is 10.0 Å². The van der Waals surface area contributed by atoms with Crippen LogP contribution in [0.15, 0.2) is 60.2 Å². The summed E-state index contributed by atoms with van der Waals surface area (Å²) in [7, 11) is 1.45. The zero-order valence-corrected chi connectivity index (χ0v) is 22.2. The van der Waals surface area contributed by atoms with Gasteiger partial charge in [0.1, 0.15) is 18.0 Å². The monoisotopic (exact) mass is 640 g/mol. The third kappa shape index (κ3) is 5.48. The molecule has 7 nitrogen and oxygen atoms in total. The molecular weight excluding hydrogens is 625 g/mol. The Morgan fingerprint density at radius 2 is 1.75 bits per heavy atom. The quantitative estimate of drug-likeness (QED) is 0.203. The molecule has 0 aliphatic carbocycles. The molecule has 3 aromatic carbocycles. The van der Waals surface area contributed by atoms with Gasteiger partial charge in [0, 0.05) is 0 Å². The van der Waals surface area contributed by atoms with Crippen molar-refractivity contribution in [3.8, 4) is 11.5 Å². The number of ether oxygens (including phenoxy) is 2. The highest BCUT2D eigenvalue weighted by atomic mass is 127. The van der Waals surface area contributed by atoms with Gasteiger partial charge in [0.05, 0.1) is 26.4 Å². The van der Waals surface area contributed by atoms with E-state index in [4.69, 9.17) is 32.7 Å². The Kier molecular flexibility index (Phi) is 7.82. The summed E-state index contributed by atoms with van der Waals surface area (Å²) in [4.78, 5) is 38.9. The maximum atomic E-state index is 13.2. The topological polar surface area (TPSA) is 84.9 Å². The first-order chi connectivity index (χ1) is 17.2. The van der Waals surface area contributed by atoms with Crippen LogP contribution in [-0.2, 0) is 16.2 Å². The maximum absolute atomic E-state index is 13.2. The Morgan fingerprint density at radius 1 is 1.03 bits per heavy atom. The van der Waals surface area contributed by atoms with Crippen LogP contribution in [0.25, 0.3) is 6.08 Å². The first-order valence-electron chi connectivity index (χ1n) is 10.3. The van der Waals surface area contributed by atoms with E-state index >= 15 is 0 Å². The van der Waals surface area contributed by atoms with E-state index in [1.165, 1.54) is 43.5 Å². The van der Waals surface area contributed by atoms with Gasteiger partial charge in [-0.3, -0.25) is 14.9 Å². The van der Waals surface area contributed by atoms with Crippen molar-refractivity contribution >= 4 is 75.4 Å². The lowest BCUT2D eigenvalue weighted by Gasteiger charge is -2.26. The molecule has 0 bridgehead atoms. The van der Waals surface area contributed by atoms with Gasteiger partial charge < -0.3 is 9.47 Å². The summed E-state index contributed by atoms with van der Waals surface area (Å²) in [5, 5.41) is 2.55. The van der Waals surface area contributed by atoms with Crippen molar-refractivity contribution in [1.82, 2.24) is 5.32 Å². The van der Waals surface area contributed by atoms with Gasteiger partial charge in [-0.05, 0) is 82.3 Å². The average molecular weight is 641 g/mol. The summed E-state index contributed by atoms with van der Waals surface area (Å²) in [5.74, 6) is -1.21. The molecular formula is C25H16Cl2FIN2O5. The minimum absolute atomic E-state index is 0.146. The summed E-state index contributed by atoms with van der Waals surface area (Å²) in [6, 6.07) is 12.5. The molecule has 1 saturated heterocycles. The molecule has 1 fully saturated rings. The van der Waals surface area contributed by atoms with E-state index in [1.807, 2.05) is 22.6 Å². The van der Waals surface area contributed by atoms with Gasteiger partial charge >= 0.3 is 6.03 Å². The van der Waals surface area contributed by atoms with Crippen LogP contribution < -0.4 is 19.7 Å². The van der Waals surface area contributed by atoms with Crippen LogP contribution in [0.3, 0.4) is 0 Å². The van der Waals surface area contributed by atoms with Gasteiger partial charge in [-0.2, -0.15) is 0 Å². The van der Waals surface area contributed by atoms with Crippen LogP contribution in [-0.4, -0.2) is 25.0 Å². The molecule has 0 spiro atoms. The molecule has 4 amide bonds. The minimum atomic E-state index is -0.905. The Bertz CT molecular complexity index is 1410. The van der Waals surface area contributed by atoms with E-state index in [9.17, 15) is 18.8 Å². The summed E-state index contributed by atoms with van der Waals surface area (Å²) in [6.07, 6.45) is 1.35. The van der Waals surface area contributed by atoms with Crippen molar-refractivity contribution < 1.29 is 28.2 Å². The van der Waals surface area contributed by atoms with E-state index in [-0.39, 0.29) is 33.7 Å². The number of carbonyl (C=O) groups excluding carboxylic acids is 3. The molecule has 0 atom stereocenters. The van der Waals surface area contributed by atoms with Crippen LogP contribution >= 0.6 is 45.8 Å². The Labute approximate surface area is 228 Å². The Hall–Kier alpha value is -3.15. The van der Waals surface area contributed by atoms with Crippen molar-refractivity contribution in [2.75, 3.05) is 12.0 Å². The third-order valence-corrected chi connectivity index (χ3v) is 6.66. The van der Waals surface area contributed by atoms with Gasteiger partial charge in [-0.1, -0.05) is 35.3 Å². The molecule has 1 heterocycles. The normalized spacial score (nSPS) is 14.8. The largest absolute Gasteiger partial charge is 0.493 e. The Balaban J connectivity index is 1.64. The maximum Gasteiger partial charge on any atom is 0.335 e. The number of carbonyl (C=O) groups is 3. The Morgan fingerprint density at radius 3 is 2.42 bits per heavy atom. The summed E-state index contributed by atoms with van der Waals surface area (Å²) >= 11 is 14.0. The summed E-state index contributed by atoms with van der Waals surface area (Å²) in [5.41, 5.74) is 1.12. The number of rotatable bonds is 6. The zero-order valence-electron chi connectivity index (χ0n) is 18.5. The van der Waals surface area contributed by atoms with E-state index in [2.05, 4.69) is 5.32 Å². The van der Waals surface area contributed by atoms with Gasteiger partial charge in [-0.25, -0.2) is 14.1 Å². The van der Waals surface area contributed by atoms with Crippen molar-refractivity contribution in [2.24, 2.45) is 0 Å². The number of amides is 4. The molecule has 1 aliphatic rings. The highest BCUT2D eigenvalue weighted by Crippen LogP contribution is 2.36. The van der Waals surface area contributed by atoms with E-state index in [1.54, 1.807) is 24.3 Å². The lowest BCUT2D eigenvalue weighted by molar-refractivity contribution is -0.122. The first kappa shape index (κ1) is 25.9. The highest BCUT2D eigenvalue weighted by molar-refractivity contribution is 14.1. The number of hydrogen-bond donors (Lipinski definition) is 1. The molecule has 0 radical (unpaired) electrons. The lowest BCUT2D eigenvalue weighted by atomic mass is 10.1. The molecule has 184 valence electrons. The second-order valence-corrected chi connectivity index (χ2v) is 9.48. The average Bonchev–Trinajstić information content (AvgIpc) is 2.84. The van der Waals surface area contributed by atoms with E-state index in [0.717, 1.165) is 10.5 Å². The summed E-state index contributed by atoms with van der Waals surface area (Å²) < 4.78 is 25.1. The number of nitrogens with one attached hydrogen (secondary N) is 1. The summed E-state index contributed by atoms with van der Waals surface area (Å²) in [6.45, 7) is 0.175. The zero-order chi connectivity index (χ0) is 26.0. The molecule has 1 aliphatic heterocycles. The number of methoxy groups -OCH3 is 1. The second-order valence-electron chi connectivity index (χ2n) is 7.51. The SMILES string of the molecule is COc1cc(/C=C2\C(=O)NC(=O)N(c3ccc(Cl)c(Cl)c3)C2=O)cc(I)c1OCc1ccc(F)cc1. The van der Waals surface area contributed by atoms with Gasteiger partial charge in [0.15, 0.2) is 11.5 Å². The van der Waals surface area contributed by atoms with Gasteiger partial charge in [0.25, 0.3) is 11.8 Å². The fraction of sp³-hybridized carbons (Fsp3) is 0.0800. The molecule has 0 aromatic heterocycles. The molecule has 1 N–H and O–H groups in total. The number of imide groups is 2. The highest BCUT2D eigenvalue weighted by Gasteiger charge is 2.37. The molecule has 11 heteroatoms. The predicted molar refractivity (Wildman–Crippen MR) is 142 cm³/mol. The van der Waals surface area contributed by atoms with Crippen molar-refractivity contribution in [3.05, 3.63) is 90.7 Å². The smallest absolute Gasteiger partial charge is 0.335 e. The van der Waals surface area contributed by atoms with Crippen LogP contribution in [0.1, 0.15) is 11.1 Å². The second kappa shape index (κ2) is 10.9.